The minimum absolute atomic E-state index is 0.149. The van der Waals surface area contributed by atoms with Crippen molar-refractivity contribution in [1.82, 2.24) is 0 Å². The highest BCUT2D eigenvalue weighted by Gasteiger charge is 2.45. The summed E-state index contributed by atoms with van der Waals surface area (Å²) in [4.78, 5) is 10.7. The van der Waals surface area contributed by atoms with Gasteiger partial charge in [0.2, 0.25) is 0 Å². The molecule has 1 saturated heterocycles. The molecule has 0 N–H and O–H groups in total. The van der Waals surface area contributed by atoms with Crippen LogP contribution in [0, 0.1) is 5.92 Å². The maximum Gasteiger partial charge on any atom is 0.155 e. The molecule has 1 heterocycles. The average Bonchev–Trinajstić information content (AvgIpc) is 2.17. The minimum Gasteiger partial charge on any atom is -0.353 e. The summed E-state index contributed by atoms with van der Waals surface area (Å²) in [6.07, 6.45) is 5.96. The van der Waals surface area contributed by atoms with Crippen LogP contribution in [-0.2, 0) is 14.3 Å². The largest absolute Gasteiger partial charge is 0.353 e. The topological polar surface area (TPSA) is 35.5 Å². The molecule has 0 spiro atoms. The van der Waals surface area contributed by atoms with Crippen LogP contribution >= 0.6 is 0 Å². The lowest BCUT2D eigenvalue weighted by Gasteiger charge is -2.48. The lowest BCUT2D eigenvalue weighted by atomic mass is 9.73. The Kier molecular flexibility index (Phi) is 2.88. The van der Waals surface area contributed by atoms with Gasteiger partial charge in [0.1, 0.15) is 6.29 Å². The van der Waals surface area contributed by atoms with E-state index in [1.165, 1.54) is 12.8 Å². The highest BCUT2D eigenvalue weighted by molar-refractivity contribution is 5.51. The normalized spacial score (nSPS) is 42.9. The number of aldehydes is 1. The maximum atomic E-state index is 10.7. The summed E-state index contributed by atoms with van der Waals surface area (Å²) in [5, 5.41) is 0. The second-order valence-corrected chi connectivity index (χ2v) is 4.40. The van der Waals surface area contributed by atoms with Crippen LogP contribution in [0.4, 0.5) is 0 Å². The molecule has 0 aromatic carbocycles. The molecule has 1 aliphatic heterocycles. The number of ether oxygens (including phenoxy) is 2. The average molecular weight is 198 g/mol. The quantitative estimate of drug-likeness (QED) is 0.636. The third-order valence-electron chi connectivity index (χ3n) is 3.51. The molecule has 0 unspecified atom stereocenters. The summed E-state index contributed by atoms with van der Waals surface area (Å²) in [5.41, 5.74) is -0.197. The molecule has 14 heavy (non-hydrogen) atoms. The molecular formula is C11H18O3. The van der Waals surface area contributed by atoms with Crippen molar-refractivity contribution >= 4 is 6.29 Å². The second-order valence-electron chi connectivity index (χ2n) is 4.40. The zero-order valence-electron chi connectivity index (χ0n) is 8.70. The number of carbonyl (C=O) groups is 1. The summed E-state index contributed by atoms with van der Waals surface area (Å²) in [7, 11) is 0. The standard InChI is InChI=1S/C11H18O3/c1-9-13-8-10-4-2-3-5-11(10,14-9)6-7-12/h7,9-10H,2-6,8H2,1H3/t9-,10-,11+/m0/s1. The zero-order valence-corrected chi connectivity index (χ0v) is 8.70. The first-order chi connectivity index (χ1) is 6.77. The van der Waals surface area contributed by atoms with Crippen molar-refractivity contribution in [2.24, 2.45) is 5.92 Å². The van der Waals surface area contributed by atoms with E-state index in [9.17, 15) is 4.79 Å². The highest BCUT2D eigenvalue weighted by Crippen LogP contribution is 2.42. The fraction of sp³-hybridized carbons (Fsp3) is 0.909. The van der Waals surface area contributed by atoms with Gasteiger partial charge in [-0.05, 0) is 19.8 Å². The summed E-state index contributed by atoms with van der Waals surface area (Å²) in [5.74, 6) is 0.428. The number of fused-ring (bicyclic) bond motifs is 1. The Bertz CT molecular complexity index is 217. The molecule has 2 fully saturated rings. The smallest absolute Gasteiger partial charge is 0.155 e. The van der Waals surface area contributed by atoms with Gasteiger partial charge in [-0.2, -0.15) is 0 Å². The monoisotopic (exact) mass is 198 g/mol. The lowest BCUT2D eigenvalue weighted by molar-refractivity contribution is -0.283. The van der Waals surface area contributed by atoms with Crippen LogP contribution in [0.25, 0.3) is 0 Å². The van der Waals surface area contributed by atoms with Crippen molar-refractivity contribution in [2.75, 3.05) is 6.61 Å². The van der Waals surface area contributed by atoms with Crippen molar-refractivity contribution < 1.29 is 14.3 Å². The summed E-state index contributed by atoms with van der Waals surface area (Å²) in [6.45, 7) is 2.67. The van der Waals surface area contributed by atoms with E-state index in [1.54, 1.807) is 0 Å². The number of carbonyl (C=O) groups excluding carboxylic acids is 1. The maximum absolute atomic E-state index is 10.7. The van der Waals surface area contributed by atoms with E-state index >= 15 is 0 Å². The number of hydrogen-bond acceptors (Lipinski definition) is 3. The summed E-state index contributed by atoms with van der Waals surface area (Å²) < 4.78 is 11.3. The van der Waals surface area contributed by atoms with Gasteiger partial charge >= 0.3 is 0 Å². The lowest BCUT2D eigenvalue weighted by Crippen LogP contribution is -2.52. The van der Waals surface area contributed by atoms with E-state index in [2.05, 4.69) is 0 Å². The number of hydrogen-bond donors (Lipinski definition) is 0. The van der Waals surface area contributed by atoms with Crippen molar-refractivity contribution in [2.45, 2.75) is 50.9 Å². The minimum atomic E-state index is -0.197. The first-order valence-corrected chi connectivity index (χ1v) is 5.50. The second kappa shape index (κ2) is 3.99. The van der Waals surface area contributed by atoms with Gasteiger partial charge in [0.25, 0.3) is 0 Å². The predicted molar refractivity (Wildman–Crippen MR) is 51.9 cm³/mol. The van der Waals surface area contributed by atoms with Gasteiger partial charge in [-0.15, -0.1) is 0 Å². The van der Waals surface area contributed by atoms with E-state index < -0.39 is 0 Å². The third kappa shape index (κ3) is 1.71. The van der Waals surface area contributed by atoms with E-state index in [4.69, 9.17) is 9.47 Å². The summed E-state index contributed by atoms with van der Waals surface area (Å²) >= 11 is 0. The number of rotatable bonds is 2. The molecule has 1 saturated carbocycles. The Hall–Kier alpha value is -0.410. The predicted octanol–water partition coefficient (Wildman–Crippen LogP) is 1.90. The van der Waals surface area contributed by atoms with Gasteiger partial charge in [0.05, 0.1) is 12.2 Å². The van der Waals surface area contributed by atoms with Crippen molar-refractivity contribution in [3.63, 3.8) is 0 Å². The highest BCUT2D eigenvalue weighted by atomic mass is 16.7. The van der Waals surface area contributed by atoms with Crippen LogP contribution in [-0.4, -0.2) is 24.8 Å². The first-order valence-electron chi connectivity index (χ1n) is 5.50. The van der Waals surface area contributed by atoms with Gasteiger partial charge in [-0.3, -0.25) is 0 Å². The van der Waals surface area contributed by atoms with Crippen LogP contribution in [0.3, 0.4) is 0 Å². The molecule has 2 rings (SSSR count). The molecule has 3 nitrogen and oxygen atoms in total. The molecule has 0 bridgehead atoms. The molecule has 0 aromatic heterocycles. The van der Waals surface area contributed by atoms with Crippen molar-refractivity contribution in [3.05, 3.63) is 0 Å². The fourth-order valence-corrected chi connectivity index (χ4v) is 2.75. The van der Waals surface area contributed by atoms with Crippen LogP contribution in [0.2, 0.25) is 0 Å². The van der Waals surface area contributed by atoms with Crippen LogP contribution in [0.15, 0.2) is 0 Å². The van der Waals surface area contributed by atoms with Gasteiger partial charge in [0, 0.05) is 12.3 Å². The SMILES string of the molecule is C[C@H]1OC[C@@H]2CCCC[C@]2(CC=O)O1. The van der Waals surface area contributed by atoms with E-state index in [0.717, 1.165) is 25.7 Å². The van der Waals surface area contributed by atoms with Gasteiger partial charge < -0.3 is 14.3 Å². The molecule has 80 valence electrons. The molecule has 3 atom stereocenters. The zero-order chi connectivity index (χ0) is 10.0. The van der Waals surface area contributed by atoms with Gasteiger partial charge in [-0.25, -0.2) is 0 Å². The molecule has 0 radical (unpaired) electrons. The van der Waals surface area contributed by atoms with E-state index in [-0.39, 0.29) is 11.9 Å². The Morgan fingerprint density at radius 1 is 1.50 bits per heavy atom. The Labute approximate surface area is 84.8 Å². The van der Waals surface area contributed by atoms with Crippen molar-refractivity contribution in [1.29, 1.82) is 0 Å². The van der Waals surface area contributed by atoms with E-state index in [1.807, 2.05) is 6.92 Å². The molecule has 0 amide bonds. The molecule has 3 heteroatoms. The van der Waals surface area contributed by atoms with Gasteiger partial charge in [-0.1, -0.05) is 12.8 Å². The molecule has 2 aliphatic rings. The molecule has 0 aromatic rings. The fourth-order valence-electron chi connectivity index (χ4n) is 2.75. The van der Waals surface area contributed by atoms with E-state index in [0.29, 0.717) is 12.3 Å². The Morgan fingerprint density at radius 2 is 2.36 bits per heavy atom. The van der Waals surface area contributed by atoms with Crippen LogP contribution < -0.4 is 0 Å². The van der Waals surface area contributed by atoms with Crippen LogP contribution in [0.1, 0.15) is 39.0 Å². The molecular weight excluding hydrogens is 180 g/mol. The first kappa shape index (κ1) is 10.1. The summed E-state index contributed by atoms with van der Waals surface area (Å²) in [6, 6.07) is 0. The van der Waals surface area contributed by atoms with Gasteiger partial charge in [0.15, 0.2) is 6.29 Å². The van der Waals surface area contributed by atoms with Crippen molar-refractivity contribution in [3.8, 4) is 0 Å². The third-order valence-corrected chi connectivity index (χ3v) is 3.51. The Morgan fingerprint density at radius 3 is 3.14 bits per heavy atom. The Balaban J connectivity index is 2.13. The molecule has 1 aliphatic carbocycles. The van der Waals surface area contributed by atoms with Crippen LogP contribution in [0.5, 0.6) is 0 Å².